The van der Waals surface area contributed by atoms with Crippen LogP contribution in [0.3, 0.4) is 0 Å². The van der Waals surface area contributed by atoms with E-state index in [2.05, 4.69) is 0 Å². The summed E-state index contributed by atoms with van der Waals surface area (Å²) in [6, 6.07) is 11.8. The number of hydrogen-bond acceptors (Lipinski definition) is 4. The molecule has 2 aromatic carbocycles. The van der Waals surface area contributed by atoms with Crippen LogP contribution in [0, 0.1) is 5.82 Å². The predicted molar refractivity (Wildman–Crippen MR) is 76.4 cm³/mol. The molecule has 0 aromatic heterocycles. The van der Waals surface area contributed by atoms with E-state index >= 15 is 0 Å². The molecule has 112 valence electrons. The highest BCUT2D eigenvalue weighted by atomic mass is 32.2. The number of benzene rings is 2. The first-order valence-electron chi connectivity index (χ1n) is 6.23. The smallest absolute Gasteiger partial charge is 0.175 e. The molecule has 0 radical (unpaired) electrons. The fourth-order valence-electron chi connectivity index (χ4n) is 1.80. The maximum atomic E-state index is 13.5. The Kier molecular flexibility index (Phi) is 4.59. The van der Waals surface area contributed by atoms with Gasteiger partial charge in [0.1, 0.15) is 24.3 Å². The summed E-state index contributed by atoms with van der Waals surface area (Å²) < 4.78 is 41.7. The Labute approximate surface area is 122 Å². The lowest BCUT2D eigenvalue weighted by molar-refractivity contribution is 0.105. The van der Waals surface area contributed by atoms with Crippen molar-refractivity contribution in [2.75, 3.05) is 12.9 Å². The topological polar surface area (TPSA) is 63.6 Å². The largest absolute Gasteiger partial charge is 0.490 e. The summed E-state index contributed by atoms with van der Waals surface area (Å²) >= 11 is 0. The first-order chi connectivity index (χ1) is 9.88. The number of hydrogen-bond donors (Lipinski definition) is 1. The third kappa shape index (κ3) is 4.03. The number of sulfone groups is 1. The molecule has 0 amide bonds. The molecule has 0 bridgehead atoms. The third-order valence-corrected chi connectivity index (χ3v) is 4.02. The number of aliphatic hydroxyl groups is 1. The highest BCUT2D eigenvalue weighted by Crippen LogP contribution is 2.21. The lowest BCUT2D eigenvalue weighted by atomic mass is 10.1. The normalized spacial score (nSPS) is 12.9. The highest BCUT2D eigenvalue weighted by Gasteiger charge is 2.14. The van der Waals surface area contributed by atoms with Crippen LogP contribution in [0.15, 0.2) is 53.4 Å². The molecule has 0 fully saturated rings. The molecular formula is C15H15FO4S. The van der Waals surface area contributed by atoms with Crippen molar-refractivity contribution >= 4 is 9.84 Å². The second-order valence-electron chi connectivity index (χ2n) is 4.60. The van der Waals surface area contributed by atoms with Gasteiger partial charge in [-0.2, -0.15) is 0 Å². The van der Waals surface area contributed by atoms with Crippen molar-refractivity contribution < 1.29 is 22.7 Å². The number of aliphatic hydroxyl groups excluding tert-OH is 1. The van der Waals surface area contributed by atoms with Crippen molar-refractivity contribution in [3.63, 3.8) is 0 Å². The SMILES string of the molecule is CS(=O)(=O)c1cccc(OC[C@H](O)c2ccccc2F)c1. The van der Waals surface area contributed by atoms with Gasteiger partial charge in [0.05, 0.1) is 4.90 Å². The Balaban J connectivity index is 2.09. The summed E-state index contributed by atoms with van der Waals surface area (Å²) in [5, 5.41) is 9.91. The molecule has 2 aromatic rings. The van der Waals surface area contributed by atoms with Crippen molar-refractivity contribution in [3.8, 4) is 5.75 Å². The third-order valence-electron chi connectivity index (χ3n) is 2.91. The monoisotopic (exact) mass is 310 g/mol. The van der Waals surface area contributed by atoms with Gasteiger partial charge < -0.3 is 9.84 Å². The van der Waals surface area contributed by atoms with Gasteiger partial charge in [0.2, 0.25) is 0 Å². The standard InChI is InChI=1S/C15H15FO4S/c1-21(18,19)12-6-4-5-11(9-12)20-10-15(17)13-7-2-3-8-14(13)16/h2-9,15,17H,10H2,1H3/t15-/m0/s1. The molecule has 6 heteroatoms. The molecule has 0 aliphatic heterocycles. The summed E-state index contributed by atoms with van der Waals surface area (Å²) in [6.07, 6.45) is -0.0339. The van der Waals surface area contributed by atoms with Gasteiger partial charge in [0, 0.05) is 11.8 Å². The molecule has 21 heavy (non-hydrogen) atoms. The first-order valence-corrected chi connectivity index (χ1v) is 8.12. The van der Waals surface area contributed by atoms with E-state index in [9.17, 15) is 17.9 Å². The number of rotatable bonds is 5. The van der Waals surface area contributed by atoms with Crippen LogP contribution in [0.5, 0.6) is 5.75 Å². The minimum Gasteiger partial charge on any atom is -0.490 e. The minimum absolute atomic E-state index is 0.125. The van der Waals surface area contributed by atoms with E-state index in [0.717, 1.165) is 6.26 Å². The average molecular weight is 310 g/mol. The van der Waals surface area contributed by atoms with Crippen LogP contribution in [0.25, 0.3) is 0 Å². The quantitative estimate of drug-likeness (QED) is 0.920. The van der Waals surface area contributed by atoms with E-state index in [0.29, 0.717) is 5.75 Å². The summed E-state index contributed by atoms with van der Waals surface area (Å²) in [6.45, 7) is -0.172. The summed E-state index contributed by atoms with van der Waals surface area (Å²) in [7, 11) is -3.33. The van der Waals surface area contributed by atoms with Crippen LogP contribution in [0.1, 0.15) is 11.7 Å². The van der Waals surface area contributed by atoms with E-state index in [1.54, 1.807) is 18.2 Å². The Bertz CT molecular complexity index is 728. The van der Waals surface area contributed by atoms with Crippen LogP contribution in [0.2, 0.25) is 0 Å². The molecular weight excluding hydrogens is 295 g/mol. The van der Waals surface area contributed by atoms with Gasteiger partial charge in [-0.15, -0.1) is 0 Å². The average Bonchev–Trinajstić information content (AvgIpc) is 2.45. The zero-order valence-electron chi connectivity index (χ0n) is 11.4. The van der Waals surface area contributed by atoms with Crippen LogP contribution in [-0.4, -0.2) is 26.4 Å². The van der Waals surface area contributed by atoms with Crippen LogP contribution >= 0.6 is 0 Å². The first kappa shape index (κ1) is 15.5. The van der Waals surface area contributed by atoms with E-state index in [-0.39, 0.29) is 17.1 Å². The van der Waals surface area contributed by atoms with E-state index in [4.69, 9.17) is 4.74 Å². The van der Waals surface area contributed by atoms with Crippen LogP contribution < -0.4 is 4.74 Å². The molecule has 0 unspecified atom stereocenters. The van der Waals surface area contributed by atoms with Gasteiger partial charge in [-0.3, -0.25) is 0 Å². The lowest BCUT2D eigenvalue weighted by Crippen LogP contribution is -2.11. The molecule has 0 saturated carbocycles. The molecule has 0 spiro atoms. The van der Waals surface area contributed by atoms with Crippen LogP contribution in [0.4, 0.5) is 4.39 Å². The second-order valence-corrected chi connectivity index (χ2v) is 6.61. The van der Waals surface area contributed by atoms with Gasteiger partial charge in [-0.05, 0) is 24.3 Å². The predicted octanol–water partition coefficient (Wildman–Crippen LogP) is 2.34. The molecule has 4 nitrogen and oxygen atoms in total. The highest BCUT2D eigenvalue weighted by molar-refractivity contribution is 7.90. The van der Waals surface area contributed by atoms with Crippen molar-refractivity contribution in [2.24, 2.45) is 0 Å². The number of halogens is 1. The van der Waals surface area contributed by atoms with Gasteiger partial charge >= 0.3 is 0 Å². The molecule has 0 saturated heterocycles. The van der Waals surface area contributed by atoms with Crippen molar-refractivity contribution in [2.45, 2.75) is 11.0 Å². The van der Waals surface area contributed by atoms with E-state index < -0.39 is 21.8 Å². The Hall–Kier alpha value is -1.92. The molecule has 1 atom stereocenters. The summed E-state index contributed by atoms with van der Waals surface area (Å²) in [5.74, 6) is -0.216. The van der Waals surface area contributed by atoms with Gasteiger partial charge in [0.25, 0.3) is 0 Å². The molecule has 0 heterocycles. The van der Waals surface area contributed by atoms with Gasteiger partial charge in [0.15, 0.2) is 9.84 Å². The molecule has 0 aliphatic rings. The Morgan fingerprint density at radius 3 is 2.57 bits per heavy atom. The second kappa shape index (κ2) is 6.24. The Morgan fingerprint density at radius 1 is 1.19 bits per heavy atom. The van der Waals surface area contributed by atoms with Crippen molar-refractivity contribution in [3.05, 3.63) is 59.9 Å². The van der Waals surface area contributed by atoms with E-state index in [1.807, 2.05) is 0 Å². The number of ether oxygens (including phenoxy) is 1. The van der Waals surface area contributed by atoms with Crippen LogP contribution in [-0.2, 0) is 9.84 Å². The maximum Gasteiger partial charge on any atom is 0.175 e. The van der Waals surface area contributed by atoms with Gasteiger partial charge in [-0.1, -0.05) is 24.3 Å². The summed E-state index contributed by atoms with van der Waals surface area (Å²) in [5.41, 5.74) is 0.136. The van der Waals surface area contributed by atoms with Crippen molar-refractivity contribution in [1.29, 1.82) is 0 Å². The zero-order valence-corrected chi connectivity index (χ0v) is 12.2. The fraction of sp³-hybridized carbons (Fsp3) is 0.200. The van der Waals surface area contributed by atoms with Crippen molar-refractivity contribution in [1.82, 2.24) is 0 Å². The molecule has 2 rings (SSSR count). The maximum absolute atomic E-state index is 13.5. The van der Waals surface area contributed by atoms with E-state index in [1.165, 1.54) is 30.3 Å². The fourth-order valence-corrected chi connectivity index (χ4v) is 2.46. The summed E-state index contributed by atoms with van der Waals surface area (Å²) in [4.78, 5) is 0.125. The Morgan fingerprint density at radius 2 is 1.90 bits per heavy atom. The lowest BCUT2D eigenvalue weighted by Gasteiger charge is -2.13. The zero-order chi connectivity index (χ0) is 15.5. The molecule has 1 N–H and O–H groups in total. The van der Waals surface area contributed by atoms with Gasteiger partial charge in [-0.25, -0.2) is 12.8 Å². The minimum atomic E-state index is -3.33. The molecule has 0 aliphatic carbocycles.